The van der Waals surface area contributed by atoms with E-state index in [-0.39, 0.29) is 16.4 Å². The predicted octanol–water partition coefficient (Wildman–Crippen LogP) is 2.37. The van der Waals surface area contributed by atoms with E-state index < -0.39 is 21.8 Å². The molecule has 1 heterocycles. The van der Waals surface area contributed by atoms with E-state index in [1.807, 2.05) is 0 Å². The maximum atomic E-state index is 12.6. The van der Waals surface area contributed by atoms with Gasteiger partial charge < -0.3 is 15.4 Å². The zero-order chi connectivity index (χ0) is 19.1. The van der Waals surface area contributed by atoms with Crippen molar-refractivity contribution in [3.63, 3.8) is 0 Å². The second-order valence-corrected chi connectivity index (χ2v) is 8.18. The summed E-state index contributed by atoms with van der Waals surface area (Å²) in [6.45, 7) is 3.37. The van der Waals surface area contributed by atoms with Crippen molar-refractivity contribution < 1.29 is 22.7 Å². The smallest absolute Gasteiger partial charge is 0.265 e. The van der Waals surface area contributed by atoms with Crippen LogP contribution in [0.3, 0.4) is 0 Å². The summed E-state index contributed by atoms with van der Waals surface area (Å²) < 4.78 is 28.9. The molecule has 0 spiro atoms. The van der Waals surface area contributed by atoms with Crippen LogP contribution in [0.5, 0.6) is 5.75 Å². The highest BCUT2D eigenvalue weighted by atomic mass is 32.2. The van der Waals surface area contributed by atoms with Gasteiger partial charge in [0, 0.05) is 17.5 Å². The van der Waals surface area contributed by atoms with Crippen LogP contribution in [0.4, 0.5) is 11.4 Å². The first-order chi connectivity index (χ1) is 12.1. The third-order valence-corrected chi connectivity index (χ3v) is 5.16. The Morgan fingerprint density at radius 2 is 1.92 bits per heavy atom. The Kier molecular flexibility index (Phi) is 4.45. The Hall–Kier alpha value is -2.87. The van der Waals surface area contributed by atoms with Gasteiger partial charge in [0.15, 0.2) is 15.9 Å². The Labute approximate surface area is 151 Å². The van der Waals surface area contributed by atoms with Crippen LogP contribution in [0.1, 0.15) is 22.8 Å². The fraction of sp³-hybridized carbons (Fsp3) is 0.222. The van der Waals surface area contributed by atoms with E-state index in [4.69, 9.17) is 4.74 Å². The number of hydrogen-bond donors (Lipinski definition) is 2. The van der Waals surface area contributed by atoms with Gasteiger partial charge >= 0.3 is 0 Å². The second kappa shape index (κ2) is 6.45. The lowest BCUT2D eigenvalue weighted by atomic mass is 10.1. The lowest BCUT2D eigenvalue weighted by Crippen LogP contribution is -2.34. The number of carbonyl (C=O) groups excluding carboxylic acids is 2. The molecule has 7 nitrogen and oxygen atoms in total. The molecule has 0 fully saturated rings. The Morgan fingerprint density at radius 3 is 2.62 bits per heavy atom. The molecule has 8 heteroatoms. The van der Waals surface area contributed by atoms with Crippen molar-refractivity contribution in [2.24, 2.45) is 0 Å². The van der Waals surface area contributed by atoms with Gasteiger partial charge in [0.05, 0.1) is 10.6 Å². The number of amides is 2. The van der Waals surface area contributed by atoms with Crippen LogP contribution in [0.2, 0.25) is 0 Å². The first-order valence-electron chi connectivity index (χ1n) is 7.89. The van der Waals surface area contributed by atoms with Crippen LogP contribution in [-0.2, 0) is 14.6 Å². The van der Waals surface area contributed by atoms with Crippen LogP contribution in [-0.4, -0.2) is 32.6 Å². The van der Waals surface area contributed by atoms with Gasteiger partial charge in [-0.1, -0.05) is 6.07 Å². The largest absolute Gasteiger partial charge is 0.479 e. The van der Waals surface area contributed by atoms with Crippen molar-refractivity contribution in [1.82, 2.24) is 0 Å². The van der Waals surface area contributed by atoms with Crippen molar-refractivity contribution >= 4 is 33.0 Å². The minimum absolute atomic E-state index is 0.0772. The molecular formula is C18H18N2O5S. The number of aryl methyl sites for hydroxylation is 1. The SMILES string of the molecule is Cc1ccc(S(C)(=O)=O)cc1C(=O)Nc1ccc2c(c1)NC(=O)[C@H](C)O2. The zero-order valence-electron chi connectivity index (χ0n) is 14.5. The molecule has 0 saturated carbocycles. The van der Waals surface area contributed by atoms with Crippen molar-refractivity contribution in [3.05, 3.63) is 47.5 Å². The highest BCUT2D eigenvalue weighted by Crippen LogP contribution is 2.32. The summed E-state index contributed by atoms with van der Waals surface area (Å²) in [6, 6.07) is 9.30. The third kappa shape index (κ3) is 3.55. The van der Waals surface area contributed by atoms with Gasteiger partial charge in [-0.25, -0.2) is 8.42 Å². The molecule has 0 saturated heterocycles. The van der Waals surface area contributed by atoms with Gasteiger partial charge in [-0.05, 0) is 49.7 Å². The Balaban J connectivity index is 1.87. The van der Waals surface area contributed by atoms with Crippen LogP contribution in [0.25, 0.3) is 0 Å². The van der Waals surface area contributed by atoms with E-state index in [1.54, 1.807) is 38.1 Å². The molecule has 1 aliphatic heterocycles. The molecule has 2 aromatic rings. The highest BCUT2D eigenvalue weighted by Gasteiger charge is 2.24. The fourth-order valence-corrected chi connectivity index (χ4v) is 3.21. The summed E-state index contributed by atoms with van der Waals surface area (Å²) in [5.41, 5.74) is 1.83. The van der Waals surface area contributed by atoms with E-state index in [1.165, 1.54) is 12.1 Å². The van der Waals surface area contributed by atoms with Crippen molar-refractivity contribution in [1.29, 1.82) is 0 Å². The molecule has 3 rings (SSSR count). The minimum Gasteiger partial charge on any atom is -0.479 e. The second-order valence-electron chi connectivity index (χ2n) is 6.16. The number of hydrogen-bond acceptors (Lipinski definition) is 5. The molecule has 0 radical (unpaired) electrons. The van der Waals surface area contributed by atoms with E-state index in [2.05, 4.69) is 10.6 Å². The summed E-state index contributed by atoms with van der Waals surface area (Å²) in [5, 5.41) is 5.42. The summed E-state index contributed by atoms with van der Waals surface area (Å²) >= 11 is 0. The number of anilines is 2. The van der Waals surface area contributed by atoms with E-state index in [0.717, 1.165) is 6.26 Å². The normalized spacial score (nSPS) is 16.3. The number of ether oxygens (including phenoxy) is 1. The molecule has 0 aromatic heterocycles. The summed E-state index contributed by atoms with van der Waals surface area (Å²) in [4.78, 5) is 24.4. The summed E-state index contributed by atoms with van der Waals surface area (Å²) in [6.07, 6.45) is 0.510. The first kappa shape index (κ1) is 17.9. The molecule has 1 aliphatic rings. The van der Waals surface area contributed by atoms with Gasteiger partial charge in [-0.2, -0.15) is 0 Å². The predicted molar refractivity (Wildman–Crippen MR) is 97.4 cm³/mol. The molecule has 0 aliphatic carbocycles. The number of carbonyl (C=O) groups is 2. The van der Waals surface area contributed by atoms with Crippen molar-refractivity contribution in [3.8, 4) is 5.75 Å². The number of nitrogens with one attached hydrogen (secondary N) is 2. The molecule has 26 heavy (non-hydrogen) atoms. The van der Waals surface area contributed by atoms with Crippen LogP contribution in [0, 0.1) is 6.92 Å². The van der Waals surface area contributed by atoms with E-state index in [0.29, 0.717) is 22.7 Å². The lowest BCUT2D eigenvalue weighted by Gasteiger charge is -2.23. The van der Waals surface area contributed by atoms with Crippen LogP contribution >= 0.6 is 0 Å². The highest BCUT2D eigenvalue weighted by molar-refractivity contribution is 7.90. The average Bonchev–Trinajstić information content (AvgIpc) is 2.55. The first-order valence-corrected chi connectivity index (χ1v) is 9.78. The van der Waals surface area contributed by atoms with Gasteiger partial charge in [0.25, 0.3) is 11.8 Å². The Bertz CT molecular complexity index is 1010. The monoisotopic (exact) mass is 374 g/mol. The lowest BCUT2D eigenvalue weighted by molar-refractivity contribution is -0.122. The molecule has 136 valence electrons. The number of benzene rings is 2. The molecule has 0 bridgehead atoms. The van der Waals surface area contributed by atoms with Crippen LogP contribution in [0.15, 0.2) is 41.3 Å². The quantitative estimate of drug-likeness (QED) is 0.859. The third-order valence-electron chi connectivity index (χ3n) is 4.05. The van der Waals surface area contributed by atoms with Gasteiger partial charge in [0.2, 0.25) is 0 Å². The molecule has 2 aromatic carbocycles. The molecule has 2 N–H and O–H groups in total. The zero-order valence-corrected chi connectivity index (χ0v) is 15.3. The van der Waals surface area contributed by atoms with Gasteiger partial charge in [-0.15, -0.1) is 0 Å². The van der Waals surface area contributed by atoms with Gasteiger partial charge in [0.1, 0.15) is 5.75 Å². The van der Waals surface area contributed by atoms with Crippen molar-refractivity contribution in [2.45, 2.75) is 24.8 Å². The number of rotatable bonds is 3. The molecular weight excluding hydrogens is 356 g/mol. The van der Waals surface area contributed by atoms with Crippen LogP contribution < -0.4 is 15.4 Å². The average molecular weight is 374 g/mol. The standard InChI is InChI=1S/C18H18N2O5S/c1-10-4-6-13(26(3,23)24)9-14(10)18(22)19-12-5-7-16-15(8-12)20-17(21)11(2)25-16/h4-9,11H,1-3H3,(H,19,22)(H,20,21)/t11-/m0/s1. The fourth-order valence-electron chi connectivity index (χ4n) is 2.56. The van der Waals surface area contributed by atoms with E-state index >= 15 is 0 Å². The summed E-state index contributed by atoms with van der Waals surface area (Å²) in [5.74, 6) is -0.188. The minimum atomic E-state index is -3.42. The molecule has 1 atom stereocenters. The number of fused-ring (bicyclic) bond motifs is 1. The Morgan fingerprint density at radius 1 is 1.19 bits per heavy atom. The maximum absolute atomic E-state index is 12.6. The molecule has 0 unspecified atom stereocenters. The van der Waals surface area contributed by atoms with E-state index in [9.17, 15) is 18.0 Å². The topological polar surface area (TPSA) is 102 Å². The number of sulfone groups is 1. The summed E-state index contributed by atoms with van der Waals surface area (Å²) in [7, 11) is -3.42. The maximum Gasteiger partial charge on any atom is 0.265 e. The van der Waals surface area contributed by atoms with Gasteiger partial charge in [-0.3, -0.25) is 9.59 Å². The molecule has 2 amide bonds. The van der Waals surface area contributed by atoms with Crippen molar-refractivity contribution in [2.75, 3.05) is 16.9 Å².